The van der Waals surface area contributed by atoms with Crippen LogP contribution in [0.3, 0.4) is 0 Å². The quantitative estimate of drug-likeness (QED) is 0.707. The third-order valence-corrected chi connectivity index (χ3v) is 3.56. The molecule has 0 aromatic rings. The molecule has 0 radical (unpaired) electrons. The normalized spacial score (nSPS) is 23.1. The molecule has 0 amide bonds. The van der Waals surface area contributed by atoms with Gasteiger partial charge in [0.2, 0.25) is 0 Å². The van der Waals surface area contributed by atoms with Gasteiger partial charge in [0.25, 0.3) is 0 Å². The topological polar surface area (TPSA) is 57.5 Å². The summed E-state index contributed by atoms with van der Waals surface area (Å²) >= 11 is 0. The van der Waals surface area contributed by atoms with Gasteiger partial charge in [0.1, 0.15) is 0 Å². The summed E-state index contributed by atoms with van der Waals surface area (Å²) in [7, 11) is 0. The van der Waals surface area contributed by atoms with Gasteiger partial charge in [0.05, 0.1) is 11.5 Å². The molecular formula is C12H22O3. The van der Waals surface area contributed by atoms with Gasteiger partial charge < -0.3 is 10.2 Å². The highest BCUT2D eigenvalue weighted by Gasteiger charge is 2.38. The van der Waals surface area contributed by atoms with Gasteiger partial charge >= 0.3 is 5.97 Å². The van der Waals surface area contributed by atoms with Crippen LogP contribution in [0.25, 0.3) is 0 Å². The van der Waals surface area contributed by atoms with Gasteiger partial charge in [0.15, 0.2) is 0 Å². The van der Waals surface area contributed by atoms with Crippen LogP contribution in [-0.4, -0.2) is 22.3 Å². The molecule has 0 saturated heterocycles. The van der Waals surface area contributed by atoms with E-state index in [1.165, 1.54) is 0 Å². The highest BCUT2D eigenvalue weighted by molar-refractivity contribution is 5.74. The molecule has 1 atom stereocenters. The second-order valence-electron chi connectivity index (χ2n) is 4.89. The molecule has 1 unspecified atom stereocenters. The first kappa shape index (κ1) is 12.5. The Morgan fingerprint density at radius 2 is 1.80 bits per heavy atom. The summed E-state index contributed by atoms with van der Waals surface area (Å²) in [5, 5.41) is 18.6. The zero-order chi connectivity index (χ0) is 11.3. The standard InChI is InChI=1S/C12H22O3/c1-10(13)6-9-12(11(14)15)7-4-2-3-5-8-12/h10,13H,2-9H2,1H3,(H,14,15). The van der Waals surface area contributed by atoms with Crippen LogP contribution in [0.2, 0.25) is 0 Å². The molecule has 88 valence electrons. The Bertz CT molecular complexity index is 203. The van der Waals surface area contributed by atoms with Gasteiger partial charge in [-0.1, -0.05) is 25.7 Å². The van der Waals surface area contributed by atoms with Gasteiger partial charge in [-0.3, -0.25) is 4.79 Å². The molecule has 15 heavy (non-hydrogen) atoms. The lowest BCUT2D eigenvalue weighted by atomic mass is 9.76. The minimum Gasteiger partial charge on any atom is -0.481 e. The Labute approximate surface area is 91.5 Å². The summed E-state index contributed by atoms with van der Waals surface area (Å²) in [5.41, 5.74) is -0.548. The molecule has 0 aliphatic heterocycles. The molecule has 0 bridgehead atoms. The zero-order valence-electron chi connectivity index (χ0n) is 9.54. The Kier molecular flexibility index (Phi) is 4.58. The minimum absolute atomic E-state index is 0.385. The van der Waals surface area contributed by atoms with Crippen LogP contribution in [0.15, 0.2) is 0 Å². The van der Waals surface area contributed by atoms with E-state index in [-0.39, 0.29) is 6.10 Å². The van der Waals surface area contributed by atoms with Crippen molar-refractivity contribution in [2.45, 2.75) is 64.4 Å². The second-order valence-corrected chi connectivity index (χ2v) is 4.89. The zero-order valence-corrected chi connectivity index (χ0v) is 9.54. The number of carboxylic acid groups (broad SMARTS) is 1. The molecule has 0 heterocycles. The Hall–Kier alpha value is -0.570. The predicted molar refractivity (Wildman–Crippen MR) is 58.7 cm³/mol. The van der Waals surface area contributed by atoms with Gasteiger partial charge in [0, 0.05) is 0 Å². The van der Waals surface area contributed by atoms with E-state index >= 15 is 0 Å². The van der Waals surface area contributed by atoms with Crippen LogP contribution in [-0.2, 0) is 4.79 Å². The van der Waals surface area contributed by atoms with Gasteiger partial charge in [-0.15, -0.1) is 0 Å². The van der Waals surface area contributed by atoms with Crippen molar-refractivity contribution >= 4 is 5.97 Å². The Morgan fingerprint density at radius 1 is 1.27 bits per heavy atom. The van der Waals surface area contributed by atoms with E-state index in [0.717, 1.165) is 38.5 Å². The van der Waals surface area contributed by atoms with Crippen LogP contribution in [0.5, 0.6) is 0 Å². The average Bonchev–Trinajstić information content (AvgIpc) is 2.40. The Morgan fingerprint density at radius 3 is 2.20 bits per heavy atom. The van der Waals surface area contributed by atoms with Crippen molar-refractivity contribution < 1.29 is 15.0 Å². The number of aliphatic carboxylic acids is 1. The maximum atomic E-state index is 11.4. The van der Waals surface area contributed by atoms with Crippen LogP contribution < -0.4 is 0 Å². The summed E-state index contributed by atoms with van der Waals surface area (Å²) in [5.74, 6) is -0.662. The SMILES string of the molecule is CC(O)CCC1(C(=O)O)CCCCCC1. The van der Waals surface area contributed by atoms with Gasteiger partial charge in [-0.2, -0.15) is 0 Å². The van der Waals surface area contributed by atoms with Crippen molar-refractivity contribution in [3.8, 4) is 0 Å². The summed E-state index contributed by atoms with van der Waals surface area (Å²) < 4.78 is 0. The highest BCUT2D eigenvalue weighted by Crippen LogP contribution is 2.39. The molecule has 0 spiro atoms. The number of aliphatic hydroxyl groups excluding tert-OH is 1. The van der Waals surface area contributed by atoms with Gasteiger partial charge in [-0.25, -0.2) is 0 Å². The predicted octanol–water partition coefficient (Wildman–Crippen LogP) is 2.57. The highest BCUT2D eigenvalue weighted by atomic mass is 16.4. The number of hydrogen-bond donors (Lipinski definition) is 2. The lowest BCUT2D eigenvalue weighted by molar-refractivity contribution is -0.150. The summed E-state index contributed by atoms with van der Waals surface area (Å²) in [6.07, 6.45) is 6.77. The molecule has 0 aromatic carbocycles. The molecular weight excluding hydrogens is 192 g/mol. The van der Waals surface area contributed by atoms with Crippen molar-refractivity contribution in [1.82, 2.24) is 0 Å². The first-order valence-electron chi connectivity index (χ1n) is 5.98. The van der Waals surface area contributed by atoms with Crippen molar-refractivity contribution in [3.05, 3.63) is 0 Å². The summed E-state index contributed by atoms with van der Waals surface area (Å²) in [6, 6.07) is 0. The first-order chi connectivity index (χ1) is 7.07. The second kappa shape index (κ2) is 5.50. The van der Waals surface area contributed by atoms with E-state index in [1.54, 1.807) is 6.92 Å². The molecule has 3 heteroatoms. The maximum absolute atomic E-state index is 11.4. The first-order valence-corrected chi connectivity index (χ1v) is 5.98. The fourth-order valence-electron chi connectivity index (χ4n) is 2.46. The van der Waals surface area contributed by atoms with Crippen molar-refractivity contribution in [3.63, 3.8) is 0 Å². The molecule has 3 nitrogen and oxygen atoms in total. The lowest BCUT2D eigenvalue weighted by Crippen LogP contribution is -2.31. The molecule has 1 fully saturated rings. The number of hydrogen-bond acceptors (Lipinski definition) is 2. The number of carbonyl (C=O) groups is 1. The largest absolute Gasteiger partial charge is 0.481 e. The van der Waals surface area contributed by atoms with Crippen LogP contribution in [0, 0.1) is 5.41 Å². The Balaban J connectivity index is 2.63. The molecule has 1 saturated carbocycles. The van der Waals surface area contributed by atoms with E-state index in [1.807, 2.05) is 0 Å². The van der Waals surface area contributed by atoms with Gasteiger partial charge in [-0.05, 0) is 32.6 Å². The number of aliphatic hydroxyl groups is 1. The van der Waals surface area contributed by atoms with Crippen molar-refractivity contribution in [1.29, 1.82) is 0 Å². The van der Waals surface area contributed by atoms with E-state index < -0.39 is 11.4 Å². The minimum atomic E-state index is -0.662. The smallest absolute Gasteiger partial charge is 0.309 e. The third kappa shape index (κ3) is 3.49. The van der Waals surface area contributed by atoms with Crippen LogP contribution in [0.4, 0.5) is 0 Å². The fourth-order valence-corrected chi connectivity index (χ4v) is 2.46. The molecule has 1 aliphatic rings. The molecule has 1 rings (SSSR count). The number of carboxylic acids is 1. The van der Waals surface area contributed by atoms with E-state index in [2.05, 4.69) is 0 Å². The molecule has 2 N–H and O–H groups in total. The van der Waals surface area contributed by atoms with Crippen LogP contribution >= 0.6 is 0 Å². The van der Waals surface area contributed by atoms with E-state index in [4.69, 9.17) is 0 Å². The average molecular weight is 214 g/mol. The monoisotopic (exact) mass is 214 g/mol. The molecule has 0 aromatic heterocycles. The number of rotatable bonds is 4. The van der Waals surface area contributed by atoms with E-state index in [9.17, 15) is 15.0 Å². The van der Waals surface area contributed by atoms with Crippen molar-refractivity contribution in [2.75, 3.05) is 0 Å². The van der Waals surface area contributed by atoms with Crippen molar-refractivity contribution in [2.24, 2.45) is 5.41 Å². The third-order valence-electron chi connectivity index (χ3n) is 3.56. The summed E-state index contributed by atoms with van der Waals surface area (Å²) in [6.45, 7) is 1.73. The summed E-state index contributed by atoms with van der Waals surface area (Å²) in [4.78, 5) is 11.4. The maximum Gasteiger partial charge on any atom is 0.309 e. The van der Waals surface area contributed by atoms with Crippen LogP contribution in [0.1, 0.15) is 58.3 Å². The lowest BCUT2D eigenvalue weighted by Gasteiger charge is -2.28. The molecule has 1 aliphatic carbocycles. The fraction of sp³-hybridized carbons (Fsp3) is 0.917. The van der Waals surface area contributed by atoms with E-state index in [0.29, 0.717) is 12.8 Å².